The summed E-state index contributed by atoms with van der Waals surface area (Å²) in [5.41, 5.74) is 9.83. The summed E-state index contributed by atoms with van der Waals surface area (Å²) in [7, 11) is 0. The summed E-state index contributed by atoms with van der Waals surface area (Å²) >= 11 is 0. The lowest BCUT2D eigenvalue weighted by molar-refractivity contribution is 0.672. The van der Waals surface area contributed by atoms with Crippen LogP contribution in [-0.2, 0) is 0 Å². The molecule has 0 aliphatic carbocycles. The van der Waals surface area contributed by atoms with E-state index in [1.807, 2.05) is 0 Å². The molecule has 1 aromatic heterocycles. The van der Waals surface area contributed by atoms with Crippen molar-refractivity contribution in [3.05, 3.63) is 188 Å². The van der Waals surface area contributed by atoms with Crippen molar-refractivity contribution in [1.29, 1.82) is 0 Å². The van der Waals surface area contributed by atoms with E-state index in [0.29, 0.717) is 0 Å². The van der Waals surface area contributed by atoms with Crippen LogP contribution in [0.2, 0.25) is 0 Å². The number of anilines is 3. The van der Waals surface area contributed by atoms with Crippen LogP contribution < -0.4 is 4.90 Å². The second kappa shape index (κ2) is 11.5. The third-order valence-electron chi connectivity index (χ3n) is 10.0. The molecule has 0 saturated carbocycles. The van der Waals surface area contributed by atoms with Gasteiger partial charge in [-0.1, -0.05) is 146 Å². The predicted octanol–water partition coefficient (Wildman–Crippen LogP) is 13.8. The van der Waals surface area contributed by atoms with Crippen molar-refractivity contribution in [2.45, 2.75) is 0 Å². The van der Waals surface area contributed by atoms with Crippen molar-refractivity contribution in [1.82, 2.24) is 0 Å². The number of nitrogens with zero attached hydrogens (tertiary/aromatic N) is 1. The fraction of sp³-hybridized carbons (Fsp3) is 0. The minimum atomic E-state index is 0.872. The molecule has 2 heteroatoms. The van der Waals surface area contributed by atoms with Crippen molar-refractivity contribution in [2.75, 3.05) is 4.90 Å². The van der Waals surface area contributed by atoms with E-state index in [4.69, 9.17) is 4.42 Å². The van der Waals surface area contributed by atoms with Crippen LogP contribution in [0.25, 0.3) is 76.5 Å². The Bertz CT molecular complexity index is 2870. The Balaban J connectivity index is 1.20. The van der Waals surface area contributed by atoms with Gasteiger partial charge in [0, 0.05) is 22.1 Å². The number of furan rings is 1. The lowest BCUT2D eigenvalue weighted by Gasteiger charge is -2.27. The monoisotopic (exact) mass is 637 g/mol. The SMILES string of the molecule is c1cc(-c2cccc3ccccc23)cc(N(c2ccc(-c3cccc4ccccc34)cc2)c2cccc3oc4c5ccccc5ccc4c23)c1. The second-order valence-electron chi connectivity index (χ2n) is 12.9. The van der Waals surface area contributed by atoms with Gasteiger partial charge in [0.15, 0.2) is 0 Å². The molecule has 0 unspecified atom stereocenters. The molecule has 0 aliphatic rings. The van der Waals surface area contributed by atoms with E-state index in [1.54, 1.807) is 0 Å². The Morgan fingerprint density at radius 2 is 0.940 bits per heavy atom. The summed E-state index contributed by atoms with van der Waals surface area (Å²) in [6.07, 6.45) is 0. The zero-order chi connectivity index (χ0) is 33.0. The predicted molar refractivity (Wildman–Crippen MR) is 212 cm³/mol. The van der Waals surface area contributed by atoms with Gasteiger partial charge in [0.2, 0.25) is 0 Å². The van der Waals surface area contributed by atoms with E-state index in [9.17, 15) is 0 Å². The molecule has 0 amide bonds. The first-order valence-corrected chi connectivity index (χ1v) is 17.1. The van der Waals surface area contributed by atoms with Crippen LogP contribution >= 0.6 is 0 Å². The third kappa shape index (κ3) is 4.57. The minimum absolute atomic E-state index is 0.872. The summed E-state index contributed by atoms with van der Waals surface area (Å²) in [6.45, 7) is 0. The third-order valence-corrected chi connectivity index (χ3v) is 10.0. The van der Waals surface area contributed by atoms with Gasteiger partial charge >= 0.3 is 0 Å². The molecule has 0 saturated heterocycles. The maximum atomic E-state index is 6.66. The first-order chi connectivity index (χ1) is 24.8. The molecule has 10 aromatic rings. The van der Waals surface area contributed by atoms with Crippen LogP contribution in [0, 0.1) is 0 Å². The second-order valence-corrected chi connectivity index (χ2v) is 12.9. The van der Waals surface area contributed by atoms with Gasteiger partial charge in [0.05, 0.1) is 11.1 Å². The van der Waals surface area contributed by atoms with Gasteiger partial charge in [-0.15, -0.1) is 0 Å². The molecule has 0 radical (unpaired) electrons. The van der Waals surface area contributed by atoms with Gasteiger partial charge in [-0.2, -0.15) is 0 Å². The molecule has 0 spiro atoms. The van der Waals surface area contributed by atoms with Crippen molar-refractivity contribution < 1.29 is 4.42 Å². The topological polar surface area (TPSA) is 16.4 Å². The van der Waals surface area contributed by atoms with E-state index in [-0.39, 0.29) is 0 Å². The Morgan fingerprint density at radius 1 is 0.360 bits per heavy atom. The summed E-state index contributed by atoms with van der Waals surface area (Å²) in [4.78, 5) is 2.38. The first kappa shape index (κ1) is 28.4. The van der Waals surface area contributed by atoms with Gasteiger partial charge in [-0.05, 0) is 91.6 Å². The fourth-order valence-electron chi connectivity index (χ4n) is 7.71. The number of benzene rings is 9. The van der Waals surface area contributed by atoms with Crippen molar-refractivity contribution >= 4 is 71.3 Å². The Kier molecular flexibility index (Phi) is 6.53. The molecule has 0 N–H and O–H groups in total. The summed E-state index contributed by atoms with van der Waals surface area (Å²) in [5.74, 6) is 0. The van der Waals surface area contributed by atoms with Gasteiger partial charge in [-0.25, -0.2) is 0 Å². The zero-order valence-electron chi connectivity index (χ0n) is 27.3. The van der Waals surface area contributed by atoms with E-state index in [0.717, 1.165) is 44.4 Å². The number of hydrogen-bond donors (Lipinski definition) is 0. The molecule has 50 heavy (non-hydrogen) atoms. The van der Waals surface area contributed by atoms with E-state index in [2.05, 4.69) is 193 Å². The number of fused-ring (bicyclic) bond motifs is 7. The highest BCUT2D eigenvalue weighted by Crippen LogP contribution is 2.45. The van der Waals surface area contributed by atoms with Crippen LogP contribution in [0.15, 0.2) is 192 Å². The van der Waals surface area contributed by atoms with Crippen molar-refractivity contribution in [3.8, 4) is 22.3 Å². The number of rotatable bonds is 5. The van der Waals surface area contributed by atoms with Gasteiger partial charge in [-0.3, -0.25) is 0 Å². The molecule has 0 aliphatic heterocycles. The molecule has 10 rings (SSSR count). The molecule has 1 heterocycles. The molecule has 0 bridgehead atoms. The zero-order valence-corrected chi connectivity index (χ0v) is 27.3. The fourth-order valence-corrected chi connectivity index (χ4v) is 7.71. The highest BCUT2D eigenvalue weighted by Gasteiger charge is 2.21. The van der Waals surface area contributed by atoms with Crippen molar-refractivity contribution in [3.63, 3.8) is 0 Å². The van der Waals surface area contributed by atoms with Crippen LogP contribution in [0.3, 0.4) is 0 Å². The minimum Gasteiger partial charge on any atom is -0.455 e. The van der Waals surface area contributed by atoms with Crippen LogP contribution in [0.1, 0.15) is 0 Å². The molecule has 234 valence electrons. The Morgan fingerprint density at radius 3 is 1.66 bits per heavy atom. The molecule has 0 atom stereocenters. The van der Waals surface area contributed by atoms with Gasteiger partial charge in [0.1, 0.15) is 11.2 Å². The quantitative estimate of drug-likeness (QED) is 0.187. The maximum absolute atomic E-state index is 6.66. The van der Waals surface area contributed by atoms with Crippen LogP contribution in [0.5, 0.6) is 0 Å². The van der Waals surface area contributed by atoms with Gasteiger partial charge in [0.25, 0.3) is 0 Å². The van der Waals surface area contributed by atoms with E-state index < -0.39 is 0 Å². The summed E-state index contributed by atoms with van der Waals surface area (Å²) in [6, 6.07) is 67.5. The van der Waals surface area contributed by atoms with Crippen LogP contribution in [0.4, 0.5) is 17.1 Å². The Hall–Kier alpha value is -6.64. The molecule has 9 aromatic carbocycles. The summed E-state index contributed by atoms with van der Waals surface area (Å²) < 4.78 is 6.66. The van der Waals surface area contributed by atoms with E-state index >= 15 is 0 Å². The average Bonchev–Trinajstić information content (AvgIpc) is 3.58. The van der Waals surface area contributed by atoms with Gasteiger partial charge < -0.3 is 9.32 Å². The average molecular weight is 638 g/mol. The lowest BCUT2D eigenvalue weighted by Crippen LogP contribution is -2.10. The highest BCUT2D eigenvalue weighted by molar-refractivity contribution is 6.19. The normalized spacial score (nSPS) is 11.6. The highest BCUT2D eigenvalue weighted by atomic mass is 16.3. The molecule has 0 fully saturated rings. The standard InChI is InChI=1S/C48H31NO/c1-4-18-39-32(11-1)14-8-21-41(39)35-25-28-37(29-26-35)49(38-17-7-16-36(31-38)42-22-9-15-33-12-2-5-19-40(33)42)45-23-10-24-46-47(45)44-30-27-34-13-3-6-20-43(34)48(44)50-46/h1-31H. The largest absolute Gasteiger partial charge is 0.455 e. The van der Waals surface area contributed by atoms with Crippen LogP contribution in [-0.4, -0.2) is 0 Å². The van der Waals surface area contributed by atoms with E-state index in [1.165, 1.54) is 49.2 Å². The lowest BCUT2D eigenvalue weighted by atomic mass is 9.97. The summed E-state index contributed by atoms with van der Waals surface area (Å²) in [5, 5.41) is 9.47. The molecular weight excluding hydrogens is 607 g/mol. The number of hydrogen-bond acceptors (Lipinski definition) is 2. The molecular formula is C48H31NO. The maximum Gasteiger partial charge on any atom is 0.143 e. The smallest absolute Gasteiger partial charge is 0.143 e. The first-order valence-electron chi connectivity index (χ1n) is 17.1. The molecule has 2 nitrogen and oxygen atoms in total. The van der Waals surface area contributed by atoms with Crippen molar-refractivity contribution in [2.24, 2.45) is 0 Å². The Labute approximate surface area is 290 Å².